The molecular weight excluding hydrogens is 425 g/mol. The van der Waals surface area contributed by atoms with Crippen LogP contribution in [0, 0.1) is 18.3 Å². The fourth-order valence-corrected chi connectivity index (χ4v) is 3.61. The molecule has 1 N–H and O–H groups in total. The van der Waals surface area contributed by atoms with Gasteiger partial charge in [0.2, 0.25) is 5.91 Å². The number of likely N-dealkylation sites (tertiary alicyclic amines) is 1. The van der Waals surface area contributed by atoms with Crippen molar-refractivity contribution in [2.45, 2.75) is 51.3 Å². The van der Waals surface area contributed by atoms with Crippen LogP contribution in [0.25, 0.3) is 5.70 Å². The van der Waals surface area contributed by atoms with E-state index in [1.165, 1.54) is 37.8 Å². The van der Waals surface area contributed by atoms with Crippen LogP contribution in [0.4, 0.5) is 22.0 Å². The van der Waals surface area contributed by atoms with Crippen LogP contribution in [0.3, 0.4) is 0 Å². The maximum atomic E-state index is 13.7. The number of nitrogens with one attached hydrogen (secondary N) is 1. The molecule has 0 aliphatic carbocycles. The van der Waals surface area contributed by atoms with E-state index in [1.54, 1.807) is 5.32 Å². The first-order valence-electron chi connectivity index (χ1n) is 9.26. The molecule has 2 aliphatic heterocycles. The molecule has 0 saturated carbocycles. The Balaban J connectivity index is 2.28. The lowest BCUT2D eigenvalue weighted by Gasteiger charge is -2.40. The minimum atomic E-state index is -6.11. The van der Waals surface area contributed by atoms with E-state index in [0.717, 1.165) is 0 Å². The van der Waals surface area contributed by atoms with Crippen LogP contribution >= 0.6 is 0 Å². The Morgan fingerprint density at radius 1 is 1.26 bits per heavy atom. The zero-order valence-corrected chi connectivity index (χ0v) is 16.8. The summed E-state index contributed by atoms with van der Waals surface area (Å²) in [5.74, 6) is -8.44. The Morgan fingerprint density at radius 3 is 2.42 bits per heavy atom. The van der Waals surface area contributed by atoms with E-state index in [-0.39, 0.29) is 35.5 Å². The standard InChI is InChI=1S/C20H18F5N3O3/c1-10-11(9-26)6-7-12-14(10)15(28-8-4-5-13(28)29)16(18(2,3)31-12)27-17(30)19(21,22)20(23,24)25/h6-7H,4-5,8H2,1-3H3,(H,27,30). The highest BCUT2D eigenvalue weighted by Gasteiger charge is 2.64. The second kappa shape index (κ2) is 7.21. The molecule has 1 saturated heterocycles. The van der Waals surface area contributed by atoms with Gasteiger partial charge in [0, 0.05) is 18.5 Å². The minimum Gasteiger partial charge on any atom is -0.481 e. The molecule has 2 amide bonds. The predicted molar refractivity (Wildman–Crippen MR) is 97.6 cm³/mol. The average molecular weight is 443 g/mol. The Kier molecular flexibility index (Phi) is 5.24. The number of nitrogens with zero attached hydrogens (tertiary/aromatic N) is 2. The summed E-state index contributed by atoms with van der Waals surface area (Å²) in [6.45, 7) is 4.43. The molecule has 0 spiro atoms. The van der Waals surface area contributed by atoms with E-state index >= 15 is 0 Å². The van der Waals surface area contributed by atoms with Gasteiger partial charge in [-0.2, -0.15) is 27.2 Å². The number of fused-ring (bicyclic) bond motifs is 1. The topological polar surface area (TPSA) is 82.4 Å². The number of carbonyl (C=O) groups is 2. The molecule has 0 unspecified atom stereocenters. The molecule has 0 radical (unpaired) electrons. The van der Waals surface area contributed by atoms with Gasteiger partial charge in [0.05, 0.1) is 23.0 Å². The SMILES string of the molecule is Cc1c(C#N)ccc2c1C(N1CCCC1=O)=C(NC(=O)C(F)(F)C(F)(F)F)C(C)(C)O2. The molecule has 31 heavy (non-hydrogen) atoms. The molecule has 2 aliphatic rings. The number of amides is 2. The maximum Gasteiger partial charge on any atom is 0.463 e. The largest absolute Gasteiger partial charge is 0.481 e. The van der Waals surface area contributed by atoms with Gasteiger partial charge in [-0.1, -0.05) is 0 Å². The molecule has 1 aromatic rings. The van der Waals surface area contributed by atoms with Crippen molar-refractivity contribution in [1.82, 2.24) is 10.2 Å². The third kappa shape index (κ3) is 3.60. The first kappa shape index (κ1) is 22.5. The van der Waals surface area contributed by atoms with E-state index in [2.05, 4.69) is 0 Å². The van der Waals surface area contributed by atoms with Crippen LogP contribution in [0.15, 0.2) is 17.8 Å². The molecular formula is C20H18F5N3O3. The third-order valence-corrected chi connectivity index (χ3v) is 5.21. The van der Waals surface area contributed by atoms with Gasteiger partial charge < -0.3 is 15.0 Å². The second-order valence-corrected chi connectivity index (χ2v) is 7.73. The summed E-state index contributed by atoms with van der Waals surface area (Å²) in [4.78, 5) is 25.7. The van der Waals surface area contributed by atoms with Crippen LogP contribution in [-0.2, 0) is 9.59 Å². The molecule has 0 aromatic heterocycles. The van der Waals surface area contributed by atoms with Crippen molar-refractivity contribution in [3.63, 3.8) is 0 Å². The third-order valence-electron chi connectivity index (χ3n) is 5.21. The highest BCUT2D eigenvalue weighted by Crippen LogP contribution is 2.45. The average Bonchev–Trinajstić information content (AvgIpc) is 3.07. The Bertz CT molecular complexity index is 1040. The van der Waals surface area contributed by atoms with Crippen molar-refractivity contribution in [2.24, 2.45) is 0 Å². The van der Waals surface area contributed by atoms with E-state index in [4.69, 9.17) is 4.74 Å². The fraction of sp³-hybridized carbons (Fsp3) is 0.450. The number of halogens is 5. The summed E-state index contributed by atoms with van der Waals surface area (Å²) in [5.41, 5.74) is -1.32. The highest BCUT2D eigenvalue weighted by atomic mass is 19.4. The first-order valence-corrected chi connectivity index (χ1v) is 9.26. The van der Waals surface area contributed by atoms with Crippen molar-refractivity contribution < 1.29 is 36.3 Å². The second-order valence-electron chi connectivity index (χ2n) is 7.73. The van der Waals surface area contributed by atoms with Gasteiger partial charge in [0.25, 0.3) is 0 Å². The minimum absolute atomic E-state index is 0.0466. The number of hydrogen-bond donors (Lipinski definition) is 1. The van der Waals surface area contributed by atoms with Crippen LogP contribution in [0.1, 0.15) is 43.4 Å². The smallest absolute Gasteiger partial charge is 0.463 e. The number of carbonyl (C=O) groups excluding carboxylic acids is 2. The predicted octanol–water partition coefficient (Wildman–Crippen LogP) is 3.64. The summed E-state index contributed by atoms with van der Waals surface area (Å²) < 4.78 is 71.4. The number of hydrogen-bond acceptors (Lipinski definition) is 4. The van der Waals surface area contributed by atoms with Gasteiger partial charge in [0.15, 0.2) is 0 Å². The van der Waals surface area contributed by atoms with Gasteiger partial charge in [0.1, 0.15) is 11.4 Å². The van der Waals surface area contributed by atoms with E-state index in [1.807, 2.05) is 6.07 Å². The van der Waals surface area contributed by atoms with Crippen LogP contribution in [-0.4, -0.2) is 41.0 Å². The fourth-order valence-electron chi connectivity index (χ4n) is 3.61. The summed E-state index contributed by atoms with van der Waals surface area (Å²) in [7, 11) is 0. The van der Waals surface area contributed by atoms with Crippen molar-refractivity contribution in [3.05, 3.63) is 34.5 Å². The monoisotopic (exact) mass is 443 g/mol. The number of alkyl halides is 5. The van der Waals surface area contributed by atoms with Crippen LogP contribution < -0.4 is 10.1 Å². The van der Waals surface area contributed by atoms with Gasteiger partial charge >= 0.3 is 18.0 Å². The Morgan fingerprint density at radius 2 is 1.90 bits per heavy atom. The zero-order chi connectivity index (χ0) is 23.4. The van der Waals surface area contributed by atoms with Crippen molar-refractivity contribution >= 4 is 17.5 Å². The van der Waals surface area contributed by atoms with Crippen molar-refractivity contribution in [1.29, 1.82) is 5.26 Å². The number of rotatable bonds is 3. The molecule has 1 fully saturated rings. The lowest BCUT2D eigenvalue weighted by Crippen LogP contribution is -2.54. The van der Waals surface area contributed by atoms with Gasteiger partial charge in [-0.25, -0.2) is 0 Å². The zero-order valence-electron chi connectivity index (χ0n) is 16.8. The molecule has 3 rings (SSSR count). The summed E-state index contributed by atoms with van der Waals surface area (Å²) in [6.07, 6.45) is -5.55. The molecule has 1 aromatic carbocycles. The van der Waals surface area contributed by atoms with E-state index in [9.17, 15) is 36.8 Å². The van der Waals surface area contributed by atoms with Gasteiger partial charge in [-0.15, -0.1) is 0 Å². The molecule has 0 atom stereocenters. The summed E-state index contributed by atoms with van der Waals surface area (Å²) >= 11 is 0. The molecule has 11 heteroatoms. The molecule has 0 bridgehead atoms. The molecule has 166 valence electrons. The highest BCUT2D eigenvalue weighted by molar-refractivity contribution is 5.95. The molecule has 6 nitrogen and oxygen atoms in total. The number of nitriles is 1. The van der Waals surface area contributed by atoms with Gasteiger partial charge in [-0.3, -0.25) is 9.59 Å². The Labute approximate surface area is 174 Å². The summed E-state index contributed by atoms with van der Waals surface area (Å²) in [6, 6.07) is 4.87. The Hall–Kier alpha value is -3.16. The van der Waals surface area contributed by atoms with E-state index in [0.29, 0.717) is 12.0 Å². The van der Waals surface area contributed by atoms with Gasteiger partial charge in [-0.05, 0) is 44.9 Å². The van der Waals surface area contributed by atoms with Crippen molar-refractivity contribution in [3.8, 4) is 11.8 Å². The lowest BCUT2D eigenvalue weighted by atomic mass is 9.89. The maximum absolute atomic E-state index is 13.7. The molecule has 2 heterocycles. The van der Waals surface area contributed by atoms with Crippen LogP contribution in [0.2, 0.25) is 0 Å². The first-order chi connectivity index (χ1) is 14.2. The summed E-state index contributed by atoms with van der Waals surface area (Å²) in [5, 5.41) is 11.0. The normalized spacial score (nSPS) is 18.4. The lowest BCUT2D eigenvalue weighted by molar-refractivity contribution is -0.269. The van der Waals surface area contributed by atoms with E-state index < -0.39 is 35.2 Å². The quantitative estimate of drug-likeness (QED) is 0.724. The number of benzene rings is 1. The number of ether oxygens (including phenoxy) is 1. The van der Waals surface area contributed by atoms with Crippen LogP contribution in [0.5, 0.6) is 5.75 Å². The van der Waals surface area contributed by atoms with Crippen molar-refractivity contribution in [2.75, 3.05) is 6.54 Å².